The Morgan fingerprint density at radius 2 is 1.71 bits per heavy atom. The molecule has 2 atom stereocenters. The number of aromatic nitrogens is 2. The van der Waals surface area contributed by atoms with Crippen molar-refractivity contribution in [1.29, 1.82) is 0 Å². The van der Waals surface area contributed by atoms with Crippen LogP contribution in [0.4, 0.5) is 5.69 Å². The van der Waals surface area contributed by atoms with Crippen LogP contribution in [0.2, 0.25) is 0 Å². The normalized spacial score (nSPS) is 22.4. The van der Waals surface area contributed by atoms with Crippen molar-refractivity contribution in [2.24, 2.45) is 0 Å². The van der Waals surface area contributed by atoms with E-state index in [1.54, 1.807) is 4.68 Å². The van der Waals surface area contributed by atoms with Crippen LogP contribution in [-0.4, -0.2) is 93.1 Å². The van der Waals surface area contributed by atoms with Gasteiger partial charge in [0.1, 0.15) is 6.54 Å². The summed E-state index contributed by atoms with van der Waals surface area (Å²) in [6.45, 7) is 7.49. The van der Waals surface area contributed by atoms with E-state index in [2.05, 4.69) is 42.0 Å². The van der Waals surface area contributed by atoms with Crippen molar-refractivity contribution >= 4 is 17.5 Å². The fourth-order valence-corrected chi connectivity index (χ4v) is 5.40. The lowest BCUT2D eigenvalue weighted by Crippen LogP contribution is -2.50. The van der Waals surface area contributed by atoms with Gasteiger partial charge in [-0.2, -0.15) is 5.10 Å². The van der Waals surface area contributed by atoms with E-state index in [-0.39, 0.29) is 31.4 Å². The molecule has 2 fully saturated rings. The van der Waals surface area contributed by atoms with E-state index in [0.717, 1.165) is 43.6 Å². The summed E-state index contributed by atoms with van der Waals surface area (Å²) >= 11 is 0. The van der Waals surface area contributed by atoms with Crippen LogP contribution in [0.1, 0.15) is 39.3 Å². The van der Waals surface area contributed by atoms with Crippen molar-refractivity contribution < 1.29 is 19.8 Å². The SMILES string of the molecule is Cc1cccc(N2CCN(C(=O)Cn3nc(C(=O)N4C[C@H](O)[C@@H](O)C4)c4c3CCC4)CC2)c1C. The van der Waals surface area contributed by atoms with Crippen LogP contribution in [0.5, 0.6) is 0 Å². The van der Waals surface area contributed by atoms with Crippen molar-refractivity contribution in [1.82, 2.24) is 19.6 Å². The van der Waals surface area contributed by atoms with Gasteiger partial charge >= 0.3 is 0 Å². The smallest absolute Gasteiger partial charge is 0.274 e. The van der Waals surface area contributed by atoms with Crippen LogP contribution < -0.4 is 4.90 Å². The standard InChI is InChI=1S/C25H33N5O4/c1-16-5-3-7-19(17(16)2)27-9-11-28(12-10-27)23(33)15-30-20-8-4-6-18(20)24(26-30)25(34)29-13-21(31)22(32)14-29/h3,5,7,21-22,31-32H,4,6,8-15H2,1-2H3/t21-,22-/m0/s1. The van der Waals surface area contributed by atoms with Crippen molar-refractivity contribution in [2.45, 2.75) is 51.9 Å². The number of nitrogens with zero attached hydrogens (tertiary/aromatic N) is 5. The summed E-state index contributed by atoms with van der Waals surface area (Å²) in [6.07, 6.45) is 0.638. The second-order valence-corrected chi connectivity index (χ2v) is 9.72. The quantitative estimate of drug-likeness (QED) is 0.680. The second kappa shape index (κ2) is 9.03. The largest absolute Gasteiger partial charge is 0.388 e. The lowest BCUT2D eigenvalue weighted by atomic mass is 10.1. The van der Waals surface area contributed by atoms with Gasteiger partial charge in [-0.05, 0) is 50.3 Å². The molecule has 34 heavy (non-hydrogen) atoms. The molecule has 5 rings (SSSR count). The molecule has 2 saturated heterocycles. The minimum absolute atomic E-state index is 0.0174. The number of aryl methyl sites for hydroxylation is 1. The molecule has 0 radical (unpaired) electrons. The third kappa shape index (κ3) is 4.07. The van der Waals surface area contributed by atoms with Gasteiger partial charge in [-0.15, -0.1) is 0 Å². The highest BCUT2D eigenvalue weighted by Gasteiger charge is 2.37. The molecule has 3 aliphatic rings. The highest BCUT2D eigenvalue weighted by molar-refractivity contribution is 5.94. The Kier molecular flexibility index (Phi) is 6.07. The Morgan fingerprint density at radius 3 is 2.41 bits per heavy atom. The van der Waals surface area contributed by atoms with Crippen LogP contribution in [0, 0.1) is 13.8 Å². The molecule has 1 aromatic carbocycles. The van der Waals surface area contributed by atoms with E-state index in [4.69, 9.17) is 0 Å². The molecule has 1 aliphatic carbocycles. The van der Waals surface area contributed by atoms with Gasteiger partial charge in [0.2, 0.25) is 5.91 Å². The Hall–Kier alpha value is -2.91. The van der Waals surface area contributed by atoms with Crippen LogP contribution >= 0.6 is 0 Å². The monoisotopic (exact) mass is 467 g/mol. The highest BCUT2D eigenvalue weighted by atomic mass is 16.3. The van der Waals surface area contributed by atoms with Crippen molar-refractivity contribution in [3.05, 3.63) is 46.3 Å². The minimum atomic E-state index is -0.928. The first-order valence-corrected chi connectivity index (χ1v) is 12.2. The van der Waals surface area contributed by atoms with E-state index < -0.39 is 12.2 Å². The first-order valence-electron chi connectivity index (χ1n) is 12.2. The molecule has 182 valence electrons. The van der Waals surface area contributed by atoms with E-state index in [9.17, 15) is 19.8 Å². The Balaban J connectivity index is 1.25. The molecule has 0 spiro atoms. The average Bonchev–Trinajstić information content (AvgIpc) is 3.52. The molecule has 2 amide bonds. The number of carbonyl (C=O) groups excluding carboxylic acids is 2. The number of anilines is 1. The number of aliphatic hydroxyl groups is 2. The van der Waals surface area contributed by atoms with E-state index >= 15 is 0 Å². The highest BCUT2D eigenvalue weighted by Crippen LogP contribution is 2.28. The Labute approximate surface area is 199 Å². The third-order valence-electron chi connectivity index (χ3n) is 7.59. The van der Waals surface area contributed by atoms with Gasteiger partial charge in [0, 0.05) is 56.2 Å². The summed E-state index contributed by atoms with van der Waals surface area (Å²) in [4.78, 5) is 31.9. The summed E-state index contributed by atoms with van der Waals surface area (Å²) in [5, 5.41) is 24.2. The summed E-state index contributed by atoms with van der Waals surface area (Å²) in [5.74, 6) is -0.258. The van der Waals surface area contributed by atoms with Crippen molar-refractivity contribution in [2.75, 3.05) is 44.2 Å². The summed E-state index contributed by atoms with van der Waals surface area (Å²) < 4.78 is 1.71. The molecular weight excluding hydrogens is 434 g/mol. The molecule has 0 saturated carbocycles. The van der Waals surface area contributed by atoms with E-state index in [1.165, 1.54) is 21.7 Å². The van der Waals surface area contributed by atoms with E-state index in [1.807, 2.05) is 4.90 Å². The van der Waals surface area contributed by atoms with Crippen molar-refractivity contribution in [3.63, 3.8) is 0 Å². The van der Waals surface area contributed by atoms with Crippen molar-refractivity contribution in [3.8, 4) is 0 Å². The van der Waals surface area contributed by atoms with E-state index in [0.29, 0.717) is 18.8 Å². The van der Waals surface area contributed by atoms with Gasteiger partial charge in [0.15, 0.2) is 5.69 Å². The number of piperazine rings is 1. The Morgan fingerprint density at radius 1 is 1.00 bits per heavy atom. The maximum Gasteiger partial charge on any atom is 0.274 e. The fraction of sp³-hybridized carbons (Fsp3) is 0.560. The molecule has 3 heterocycles. The maximum absolute atomic E-state index is 13.1. The molecule has 2 aromatic rings. The van der Waals surface area contributed by atoms with Gasteiger partial charge in [-0.1, -0.05) is 12.1 Å². The van der Waals surface area contributed by atoms with Gasteiger partial charge in [-0.3, -0.25) is 14.3 Å². The fourth-order valence-electron chi connectivity index (χ4n) is 5.40. The summed E-state index contributed by atoms with van der Waals surface area (Å²) in [7, 11) is 0. The number of rotatable bonds is 4. The lowest BCUT2D eigenvalue weighted by molar-refractivity contribution is -0.132. The molecule has 0 unspecified atom stereocenters. The zero-order chi connectivity index (χ0) is 24.0. The second-order valence-electron chi connectivity index (χ2n) is 9.72. The molecule has 9 nitrogen and oxygen atoms in total. The molecule has 1 aromatic heterocycles. The van der Waals surface area contributed by atoms with Gasteiger partial charge in [0.25, 0.3) is 5.91 Å². The maximum atomic E-state index is 13.1. The third-order valence-corrected chi connectivity index (χ3v) is 7.59. The minimum Gasteiger partial charge on any atom is -0.388 e. The number of β-amino-alcohol motifs (C(OH)–C–C–N with tert-alkyl or cyclic N) is 2. The van der Waals surface area contributed by atoms with Gasteiger partial charge in [0.05, 0.1) is 12.2 Å². The topological polar surface area (TPSA) is 102 Å². The molecular formula is C25H33N5O4. The van der Waals surface area contributed by atoms with Crippen LogP contribution in [-0.2, 0) is 24.2 Å². The molecule has 2 N–H and O–H groups in total. The number of amides is 2. The lowest BCUT2D eigenvalue weighted by Gasteiger charge is -2.37. The number of hydrogen-bond acceptors (Lipinski definition) is 6. The average molecular weight is 468 g/mol. The number of benzene rings is 1. The van der Waals surface area contributed by atoms with Crippen LogP contribution in [0.15, 0.2) is 18.2 Å². The Bertz CT molecular complexity index is 1090. The van der Waals surface area contributed by atoms with Gasteiger partial charge < -0.3 is 24.9 Å². The number of carbonyl (C=O) groups is 2. The van der Waals surface area contributed by atoms with Crippen LogP contribution in [0.3, 0.4) is 0 Å². The summed E-state index contributed by atoms with van der Waals surface area (Å²) in [5.41, 5.74) is 6.02. The zero-order valence-electron chi connectivity index (χ0n) is 19.9. The molecule has 9 heteroatoms. The number of likely N-dealkylation sites (tertiary alicyclic amines) is 1. The zero-order valence-corrected chi connectivity index (χ0v) is 19.9. The first-order chi connectivity index (χ1) is 16.3. The molecule has 0 bridgehead atoms. The van der Waals surface area contributed by atoms with Crippen LogP contribution in [0.25, 0.3) is 0 Å². The predicted molar refractivity (Wildman–Crippen MR) is 127 cm³/mol. The predicted octanol–water partition coefficient (Wildman–Crippen LogP) is 0.515. The van der Waals surface area contributed by atoms with Gasteiger partial charge in [-0.25, -0.2) is 0 Å². The number of hydrogen-bond donors (Lipinski definition) is 2. The number of fused-ring (bicyclic) bond motifs is 1. The summed E-state index contributed by atoms with van der Waals surface area (Å²) in [6, 6.07) is 6.34. The molecule has 2 aliphatic heterocycles. The number of aliphatic hydroxyl groups excluding tert-OH is 2. The first kappa shape index (κ1) is 22.9.